The van der Waals surface area contributed by atoms with Crippen LogP contribution in [0.15, 0.2) is 24.3 Å². The first kappa shape index (κ1) is 18.5. The number of amides is 1. The minimum Gasteiger partial charge on any atom is -0.461 e. The molecule has 3 rings (SSSR count). The highest BCUT2D eigenvalue weighted by atomic mass is 16.6. The summed E-state index contributed by atoms with van der Waals surface area (Å²) in [6, 6.07) is 8.64. The quantitative estimate of drug-likeness (QED) is 0.709. The van der Waals surface area contributed by atoms with Crippen LogP contribution in [0, 0.1) is 0 Å². The largest absolute Gasteiger partial charge is 0.461 e. The number of imidazole rings is 1. The van der Waals surface area contributed by atoms with Crippen LogP contribution >= 0.6 is 0 Å². The van der Waals surface area contributed by atoms with Crippen molar-refractivity contribution in [3.8, 4) is 6.01 Å². The minimum absolute atomic E-state index is 0.0448. The third-order valence-electron chi connectivity index (χ3n) is 4.52. The number of para-hydroxylation sites is 2. The third kappa shape index (κ3) is 4.27. The molecule has 0 N–H and O–H groups in total. The highest BCUT2D eigenvalue weighted by Gasteiger charge is 2.26. The smallest absolute Gasteiger partial charge is 0.409 e. The number of piperidine rings is 1. The number of likely N-dealkylation sites (tertiary alicyclic amines) is 1. The van der Waals surface area contributed by atoms with E-state index >= 15 is 0 Å². The molecule has 2 aromatic rings. The zero-order valence-corrected chi connectivity index (χ0v) is 15.5. The second-order valence-corrected chi connectivity index (χ2v) is 6.23. The molecular weight excluding hydrogens is 334 g/mol. The van der Waals surface area contributed by atoms with Crippen LogP contribution in [-0.2, 0) is 16.0 Å². The number of aromatic nitrogens is 2. The van der Waals surface area contributed by atoms with Gasteiger partial charge in [0.2, 0.25) is 0 Å². The number of carbonyl (C=O) groups is 1. The van der Waals surface area contributed by atoms with E-state index in [1.54, 1.807) is 4.90 Å². The molecule has 26 heavy (non-hydrogen) atoms. The van der Waals surface area contributed by atoms with Crippen LogP contribution in [0.1, 0.15) is 26.7 Å². The number of nitrogens with zero attached hydrogens (tertiary/aromatic N) is 3. The van der Waals surface area contributed by atoms with Gasteiger partial charge in [0, 0.05) is 32.5 Å². The summed E-state index contributed by atoms with van der Waals surface area (Å²) >= 11 is 0. The van der Waals surface area contributed by atoms with Crippen molar-refractivity contribution in [1.29, 1.82) is 0 Å². The Balaban J connectivity index is 1.67. The van der Waals surface area contributed by atoms with E-state index in [1.807, 2.05) is 38.1 Å². The molecular formula is C19H27N3O4. The lowest BCUT2D eigenvalue weighted by molar-refractivity contribution is 0.0644. The molecule has 0 saturated carbocycles. The molecule has 142 valence electrons. The number of hydrogen-bond acceptors (Lipinski definition) is 5. The van der Waals surface area contributed by atoms with Gasteiger partial charge >= 0.3 is 6.09 Å². The van der Waals surface area contributed by atoms with Crippen LogP contribution < -0.4 is 4.74 Å². The van der Waals surface area contributed by atoms with Crippen molar-refractivity contribution in [3.05, 3.63) is 24.3 Å². The predicted molar refractivity (Wildman–Crippen MR) is 98.5 cm³/mol. The molecule has 7 nitrogen and oxygen atoms in total. The first-order valence-electron chi connectivity index (χ1n) is 9.34. The number of fused-ring (bicyclic) bond motifs is 1. The summed E-state index contributed by atoms with van der Waals surface area (Å²) < 4.78 is 18.8. The van der Waals surface area contributed by atoms with Gasteiger partial charge in [0.15, 0.2) is 0 Å². The maximum atomic E-state index is 11.8. The molecule has 2 heterocycles. The number of hydrogen-bond donors (Lipinski definition) is 0. The predicted octanol–water partition coefficient (Wildman–Crippen LogP) is 3.07. The number of ether oxygens (including phenoxy) is 3. The molecule has 1 fully saturated rings. The highest BCUT2D eigenvalue weighted by molar-refractivity contribution is 5.76. The van der Waals surface area contributed by atoms with Crippen LogP contribution in [-0.4, -0.2) is 59.6 Å². The van der Waals surface area contributed by atoms with E-state index in [2.05, 4.69) is 9.55 Å². The summed E-state index contributed by atoms with van der Waals surface area (Å²) in [5.41, 5.74) is 1.97. The summed E-state index contributed by atoms with van der Waals surface area (Å²) in [5.74, 6) is 0. The van der Waals surface area contributed by atoms with Gasteiger partial charge in [-0.15, -0.1) is 0 Å². The summed E-state index contributed by atoms with van der Waals surface area (Å²) in [5, 5.41) is 0. The van der Waals surface area contributed by atoms with Gasteiger partial charge in [0.1, 0.15) is 6.10 Å². The van der Waals surface area contributed by atoms with Gasteiger partial charge in [-0.05, 0) is 26.0 Å². The molecule has 7 heteroatoms. The fraction of sp³-hybridized carbons (Fsp3) is 0.579. The van der Waals surface area contributed by atoms with E-state index in [1.165, 1.54) is 0 Å². The first-order valence-corrected chi connectivity index (χ1v) is 9.34. The molecule has 1 aromatic heterocycles. The lowest BCUT2D eigenvalue weighted by atomic mass is 10.1. The van der Waals surface area contributed by atoms with Crippen molar-refractivity contribution >= 4 is 17.1 Å². The third-order valence-corrected chi connectivity index (χ3v) is 4.52. The topological polar surface area (TPSA) is 65.8 Å². The Morgan fingerprint density at radius 1 is 1.19 bits per heavy atom. The second-order valence-electron chi connectivity index (χ2n) is 6.23. The van der Waals surface area contributed by atoms with Crippen molar-refractivity contribution in [2.24, 2.45) is 0 Å². The van der Waals surface area contributed by atoms with E-state index in [-0.39, 0.29) is 12.2 Å². The fourth-order valence-electron chi connectivity index (χ4n) is 3.18. The van der Waals surface area contributed by atoms with Gasteiger partial charge in [0.25, 0.3) is 6.01 Å². The number of carbonyl (C=O) groups excluding carboxylic acids is 1. The minimum atomic E-state index is -0.241. The van der Waals surface area contributed by atoms with Crippen LogP contribution in [0.2, 0.25) is 0 Å². The van der Waals surface area contributed by atoms with Gasteiger partial charge in [-0.2, -0.15) is 4.98 Å². The normalized spacial score (nSPS) is 15.4. The van der Waals surface area contributed by atoms with E-state index in [4.69, 9.17) is 14.2 Å². The van der Waals surface area contributed by atoms with E-state index in [0.29, 0.717) is 45.5 Å². The zero-order chi connectivity index (χ0) is 18.4. The van der Waals surface area contributed by atoms with Crippen molar-refractivity contribution in [1.82, 2.24) is 14.5 Å². The first-order chi connectivity index (χ1) is 12.7. The average Bonchev–Trinajstić information content (AvgIpc) is 3.00. The van der Waals surface area contributed by atoms with Crippen LogP contribution in [0.3, 0.4) is 0 Å². The number of benzene rings is 1. The standard InChI is InChI=1S/C19H27N3O4/c1-3-24-14-13-22-17-8-6-5-7-16(17)20-18(22)26-15-9-11-21(12-10-15)19(23)25-4-2/h5-8,15H,3-4,9-14H2,1-2H3. The Bertz CT molecular complexity index is 723. The van der Waals surface area contributed by atoms with Crippen molar-refractivity contribution in [2.45, 2.75) is 39.3 Å². The van der Waals surface area contributed by atoms with Crippen LogP contribution in [0.4, 0.5) is 4.79 Å². The van der Waals surface area contributed by atoms with Gasteiger partial charge in [-0.3, -0.25) is 4.57 Å². The molecule has 1 saturated heterocycles. The van der Waals surface area contributed by atoms with Crippen molar-refractivity contribution in [2.75, 3.05) is 32.9 Å². The van der Waals surface area contributed by atoms with Gasteiger partial charge < -0.3 is 19.1 Å². The molecule has 0 aliphatic carbocycles. The monoisotopic (exact) mass is 361 g/mol. The van der Waals surface area contributed by atoms with E-state index in [0.717, 1.165) is 23.9 Å². The molecule has 0 unspecified atom stereocenters. The zero-order valence-electron chi connectivity index (χ0n) is 15.5. The van der Waals surface area contributed by atoms with Crippen LogP contribution in [0.25, 0.3) is 11.0 Å². The molecule has 0 radical (unpaired) electrons. The van der Waals surface area contributed by atoms with Crippen LogP contribution in [0.5, 0.6) is 6.01 Å². The summed E-state index contributed by atoms with van der Waals surface area (Å²) in [4.78, 5) is 18.2. The number of rotatable bonds is 7. The van der Waals surface area contributed by atoms with Crippen molar-refractivity contribution in [3.63, 3.8) is 0 Å². The molecule has 0 bridgehead atoms. The van der Waals surface area contributed by atoms with E-state index < -0.39 is 0 Å². The molecule has 1 amide bonds. The lowest BCUT2D eigenvalue weighted by Gasteiger charge is -2.31. The Labute approximate surface area is 153 Å². The lowest BCUT2D eigenvalue weighted by Crippen LogP contribution is -2.42. The molecule has 1 aromatic carbocycles. The average molecular weight is 361 g/mol. The summed E-state index contributed by atoms with van der Waals surface area (Å²) in [6.45, 7) is 7.50. The fourth-order valence-corrected chi connectivity index (χ4v) is 3.18. The van der Waals surface area contributed by atoms with Gasteiger partial charge in [-0.1, -0.05) is 12.1 Å². The summed E-state index contributed by atoms with van der Waals surface area (Å²) in [7, 11) is 0. The highest BCUT2D eigenvalue weighted by Crippen LogP contribution is 2.24. The van der Waals surface area contributed by atoms with Gasteiger partial charge in [-0.25, -0.2) is 4.79 Å². The Morgan fingerprint density at radius 3 is 2.69 bits per heavy atom. The molecule has 0 atom stereocenters. The Morgan fingerprint density at radius 2 is 1.96 bits per heavy atom. The van der Waals surface area contributed by atoms with Gasteiger partial charge in [0.05, 0.1) is 30.8 Å². The summed E-state index contributed by atoms with van der Waals surface area (Å²) in [6.07, 6.45) is 1.35. The molecule has 1 aliphatic heterocycles. The Kier molecular flexibility index (Phi) is 6.33. The van der Waals surface area contributed by atoms with E-state index in [9.17, 15) is 4.79 Å². The second kappa shape index (κ2) is 8.89. The van der Waals surface area contributed by atoms with Crippen molar-refractivity contribution < 1.29 is 19.0 Å². The maximum absolute atomic E-state index is 11.8. The maximum Gasteiger partial charge on any atom is 0.409 e. The Hall–Kier alpha value is -2.28. The molecule has 0 spiro atoms. The molecule has 1 aliphatic rings. The SMILES string of the molecule is CCOCCn1c(OC2CCN(C(=O)OCC)CC2)nc2ccccc21.